The number of carbonyl (C=O) groups is 1. The second-order valence-electron chi connectivity index (χ2n) is 5.15. The van der Waals surface area contributed by atoms with Gasteiger partial charge in [0.2, 0.25) is 10.0 Å². The van der Waals surface area contributed by atoms with E-state index in [1.807, 2.05) is 0 Å². The number of rotatable bonds is 5. The van der Waals surface area contributed by atoms with Gasteiger partial charge in [0.05, 0.1) is 18.4 Å². The van der Waals surface area contributed by atoms with Crippen LogP contribution < -0.4 is 5.73 Å². The molecule has 1 unspecified atom stereocenters. The third-order valence-corrected chi connectivity index (χ3v) is 5.53. The lowest BCUT2D eigenvalue weighted by molar-refractivity contribution is 0.0600. The van der Waals surface area contributed by atoms with Gasteiger partial charge in [0, 0.05) is 13.1 Å². The molecule has 0 saturated carbocycles. The molecule has 1 saturated heterocycles. The Morgan fingerprint density at radius 2 is 2.09 bits per heavy atom. The summed E-state index contributed by atoms with van der Waals surface area (Å²) >= 11 is 0. The molecule has 0 amide bonds. The van der Waals surface area contributed by atoms with Crippen LogP contribution in [-0.2, 0) is 20.5 Å². The maximum absolute atomic E-state index is 12.5. The average Bonchev–Trinajstić information content (AvgIpc) is 2.96. The van der Waals surface area contributed by atoms with Crippen molar-refractivity contribution in [1.82, 2.24) is 4.31 Å². The van der Waals surface area contributed by atoms with Crippen molar-refractivity contribution in [1.29, 1.82) is 0 Å². The van der Waals surface area contributed by atoms with E-state index in [1.165, 1.54) is 11.4 Å². The Morgan fingerprint density at radius 1 is 1.41 bits per heavy atom. The molecule has 0 aromatic heterocycles. The van der Waals surface area contributed by atoms with Crippen molar-refractivity contribution >= 4 is 28.4 Å². The van der Waals surface area contributed by atoms with Gasteiger partial charge in [-0.05, 0) is 30.5 Å². The monoisotopic (exact) mass is 348 g/mol. The highest BCUT2D eigenvalue weighted by Crippen LogP contribution is 2.22. The number of hydrogen-bond donors (Lipinski definition) is 1. The van der Waals surface area contributed by atoms with Gasteiger partial charge in [-0.15, -0.1) is 12.4 Å². The fourth-order valence-electron chi connectivity index (χ4n) is 2.49. The summed E-state index contributed by atoms with van der Waals surface area (Å²) in [5.41, 5.74) is 6.34. The summed E-state index contributed by atoms with van der Waals surface area (Å²) in [5.74, 6) is -0.507. The van der Waals surface area contributed by atoms with Crippen LogP contribution in [-0.4, -0.2) is 45.4 Å². The van der Waals surface area contributed by atoms with Crippen LogP contribution in [0.15, 0.2) is 24.3 Å². The van der Waals surface area contributed by atoms with Crippen LogP contribution >= 0.6 is 12.4 Å². The summed E-state index contributed by atoms with van der Waals surface area (Å²) < 4.78 is 31.1. The molecule has 1 aromatic rings. The van der Waals surface area contributed by atoms with Crippen LogP contribution in [0.3, 0.4) is 0 Å². The highest BCUT2D eigenvalue weighted by Gasteiger charge is 2.31. The summed E-state index contributed by atoms with van der Waals surface area (Å²) in [7, 11) is -2.17. The molecule has 1 atom stereocenters. The van der Waals surface area contributed by atoms with Crippen LogP contribution in [0.25, 0.3) is 0 Å². The molecule has 1 aliphatic heterocycles. The smallest absolute Gasteiger partial charge is 0.338 e. The molecule has 2 rings (SSSR count). The van der Waals surface area contributed by atoms with E-state index in [0.29, 0.717) is 25.2 Å². The first kappa shape index (κ1) is 18.9. The van der Waals surface area contributed by atoms with Crippen molar-refractivity contribution in [2.75, 3.05) is 26.7 Å². The van der Waals surface area contributed by atoms with Gasteiger partial charge >= 0.3 is 5.97 Å². The summed E-state index contributed by atoms with van der Waals surface area (Å²) in [6.45, 7) is 1.44. The molecule has 1 heterocycles. The fraction of sp³-hybridized carbons (Fsp3) is 0.500. The van der Waals surface area contributed by atoms with Gasteiger partial charge in [-0.1, -0.05) is 18.2 Å². The van der Waals surface area contributed by atoms with E-state index in [2.05, 4.69) is 4.74 Å². The first-order valence-electron chi connectivity index (χ1n) is 6.82. The van der Waals surface area contributed by atoms with Crippen molar-refractivity contribution in [2.45, 2.75) is 12.2 Å². The van der Waals surface area contributed by atoms with Crippen LogP contribution in [0.2, 0.25) is 0 Å². The van der Waals surface area contributed by atoms with Crippen molar-refractivity contribution < 1.29 is 17.9 Å². The number of nitrogens with two attached hydrogens (primary N) is 1. The van der Waals surface area contributed by atoms with E-state index < -0.39 is 16.0 Å². The van der Waals surface area contributed by atoms with Gasteiger partial charge in [-0.3, -0.25) is 0 Å². The minimum absolute atomic E-state index is 0. The molecule has 1 aromatic carbocycles. The highest BCUT2D eigenvalue weighted by molar-refractivity contribution is 7.88. The van der Waals surface area contributed by atoms with E-state index in [0.717, 1.165) is 6.42 Å². The van der Waals surface area contributed by atoms with E-state index in [-0.39, 0.29) is 29.6 Å². The molecule has 0 radical (unpaired) electrons. The normalized spacial score (nSPS) is 18.7. The van der Waals surface area contributed by atoms with Crippen LogP contribution in [0, 0.1) is 5.92 Å². The zero-order valence-electron chi connectivity index (χ0n) is 12.4. The SMILES string of the molecule is COC(=O)c1ccccc1CS(=O)(=O)N1CCC(CN)C1.Cl. The number of halogens is 1. The first-order valence-corrected chi connectivity index (χ1v) is 8.43. The first-order chi connectivity index (χ1) is 9.97. The molecule has 8 heteroatoms. The Morgan fingerprint density at radius 3 is 2.68 bits per heavy atom. The average molecular weight is 349 g/mol. The molecular formula is C14H21ClN2O4S. The number of benzene rings is 1. The number of carbonyl (C=O) groups excluding carboxylic acids is 1. The van der Waals surface area contributed by atoms with Gasteiger partial charge < -0.3 is 10.5 Å². The van der Waals surface area contributed by atoms with E-state index >= 15 is 0 Å². The maximum atomic E-state index is 12.5. The number of esters is 1. The van der Waals surface area contributed by atoms with Crippen LogP contribution in [0.5, 0.6) is 0 Å². The number of ether oxygens (including phenoxy) is 1. The van der Waals surface area contributed by atoms with Gasteiger partial charge in [-0.25, -0.2) is 17.5 Å². The second kappa shape index (κ2) is 7.92. The molecule has 0 aliphatic carbocycles. The lowest BCUT2D eigenvalue weighted by Gasteiger charge is -2.17. The Kier molecular flexibility index (Phi) is 6.80. The quantitative estimate of drug-likeness (QED) is 0.802. The molecule has 6 nitrogen and oxygen atoms in total. The molecule has 22 heavy (non-hydrogen) atoms. The lowest BCUT2D eigenvalue weighted by atomic mass is 10.1. The third-order valence-electron chi connectivity index (χ3n) is 3.74. The molecular weight excluding hydrogens is 328 g/mol. The van der Waals surface area contributed by atoms with Gasteiger partial charge in [0.15, 0.2) is 0 Å². The largest absolute Gasteiger partial charge is 0.465 e. The predicted molar refractivity (Wildman–Crippen MR) is 86.4 cm³/mol. The standard InChI is InChI=1S/C14H20N2O4S.ClH/c1-20-14(17)13-5-3-2-4-12(13)10-21(18,19)16-7-6-11(8-15)9-16;/h2-5,11H,6-10,15H2,1H3;1H. The van der Waals surface area contributed by atoms with Crippen molar-refractivity contribution in [3.05, 3.63) is 35.4 Å². The number of nitrogens with zero attached hydrogens (tertiary/aromatic N) is 1. The minimum Gasteiger partial charge on any atom is -0.465 e. The van der Waals surface area contributed by atoms with Gasteiger partial charge in [-0.2, -0.15) is 0 Å². The topological polar surface area (TPSA) is 89.7 Å². The molecule has 1 fully saturated rings. The van der Waals surface area contributed by atoms with E-state index in [4.69, 9.17) is 5.73 Å². The Bertz CT molecular complexity index is 621. The van der Waals surface area contributed by atoms with Crippen molar-refractivity contribution in [2.24, 2.45) is 11.7 Å². The third kappa shape index (κ3) is 4.19. The summed E-state index contributed by atoms with van der Waals surface area (Å²) in [4.78, 5) is 11.7. The Labute approximate surface area is 137 Å². The Balaban J connectivity index is 0.00000242. The van der Waals surface area contributed by atoms with Crippen molar-refractivity contribution in [3.63, 3.8) is 0 Å². The maximum Gasteiger partial charge on any atom is 0.338 e. The van der Waals surface area contributed by atoms with E-state index in [9.17, 15) is 13.2 Å². The van der Waals surface area contributed by atoms with Gasteiger partial charge in [0.25, 0.3) is 0 Å². The second-order valence-corrected chi connectivity index (χ2v) is 7.12. The van der Waals surface area contributed by atoms with Crippen LogP contribution in [0.1, 0.15) is 22.3 Å². The van der Waals surface area contributed by atoms with Crippen LogP contribution in [0.4, 0.5) is 0 Å². The van der Waals surface area contributed by atoms with Gasteiger partial charge in [0.1, 0.15) is 0 Å². The molecule has 0 spiro atoms. The molecule has 2 N–H and O–H groups in total. The zero-order chi connectivity index (χ0) is 15.5. The molecule has 0 bridgehead atoms. The summed E-state index contributed by atoms with van der Waals surface area (Å²) in [6.07, 6.45) is 0.786. The summed E-state index contributed by atoms with van der Waals surface area (Å²) in [5, 5.41) is 0. The zero-order valence-corrected chi connectivity index (χ0v) is 14.0. The summed E-state index contributed by atoms with van der Waals surface area (Å²) in [6, 6.07) is 6.61. The predicted octanol–water partition coefficient (Wildman–Crippen LogP) is 1.01. The molecule has 1 aliphatic rings. The molecule has 124 valence electrons. The van der Waals surface area contributed by atoms with E-state index in [1.54, 1.807) is 24.3 Å². The number of hydrogen-bond acceptors (Lipinski definition) is 5. The minimum atomic E-state index is -3.45. The fourth-order valence-corrected chi connectivity index (χ4v) is 4.13. The Hall–Kier alpha value is -1.15. The van der Waals surface area contributed by atoms with Crippen molar-refractivity contribution in [3.8, 4) is 0 Å². The number of sulfonamides is 1. The lowest BCUT2D eigenvalue weighted by Crippen LogP contribution is -2.31. The highest BCUT2D eigenvalue weighted by atomic mass is 35.5. The number of methoxy groups -OCH3 is 1.